The monoisotopic (exact) mass is 418 g/mol. The fourth-order valence-corrected chi connectivity index (χ4v) is 4.63. The first-order valence-corrected chi connectivity index (χ1v) is 9.49. The number of carboxylic acids is 2. The molecule has 1 aromatic rings. The van der Waals surface area contributed by atoms with Crippen LogP contribution in [0.15, 0.2) is 29.2 Å². The minimum atomic E-state index is -1.45. The highest BCUT2D eigenvalue weighted by atomic mass is 32.2. The molecule has 10 heteroatoms. The summed E-state index contributed by atoms with van der Waals surface area (Å²) in [5.41, 5.74) is 0.707. The van der Waals surface area contributed by atoms with E-state index in [1.165, 1.54) is 0 Å². The van der Waals surface area contributed by atoms with Crippen LogP contribution in [0.2, 0.25) is 0 Å². The van der Waals surface area contributed by atoms with Crippen LogP contribution >= 0.6 is 24.0 Å². The van der Waals surface area contributed by atoms with Crippen molar-refractivity contribution in [2.75, 3.05) is 11.4 Å². The Morgan fingerprint density at radius 3 is 2.36 bits per heavy atom. The molecule has 2 heterocycles. The van der Waals surface area contributed by atoms with Crippen LogP contribution in [-0.2, 0) is 19.2 Å². The van der Waals surface area contributed by atoms with E-state index in [0.29, 0.717) is 11.3 Å². The lowest BCUT2D eigenvalue weighted by molar-refractivity contribution is -0.311. The summed E-state index contributed by atoms with van der Waals surface area (Å²) in [6.07, 6.45) is 0. The summed E-state index contributed by atoms with van der Waals surface area (Å²) >= 11 is 6.01. The van der Waals surface area contributed by atoms with E-state index >= 15 is 0 Å². The second-order valence-electron chi connectivity index (χ2n) is 6.54. The number of carbonyl (C=O) groups excluding carboxylic acids is 4. The molecule has 0 unspecified atom stereocenters. The molecule has 1 fully saturated rings. The molecule has 28 heavy (non-hydrogen) atoms. The van der Waals surface area contributed by atoms with Gasteiger partial charge in [-0.15, -0.1) is 0 Å². The summed E-state index contributed by atoms with van der Waals surface area (Å²) in [5.74, 6) is -4.77. The summed E-state index contributed by atoms with van der Waals surface area (Å²) in [7, 11) is 0. The third-order valence-electron chi connectivity index (χ3n) is 4.39. The molecule has 0 bridgehead atoms. The van der Waals surface area contributed by atoms with Crippen LogP contribution < -0.4 is 15.1 Å². The summed E-state index contributed by atoms with van der Waals surface area (Å²) in [4.78, 5) is 50.4. The Kier molecular flexibility index (Phi) is 5.26. The quantitative estimate of drug-likeness (QED) is 0.447. The zero-order chi connectivity index (χ0) is 20.7. The molecule has 0 aromatic heterocycles. The summed E-state index contributed by atoms with van der Waals surface area (Å²) < 4.78 is -0.000896. The highest BCUT2D eigenvalue weighted by Crippen LogP contribution is 2.45. The molecule has 146 valence electrons. The average Bonchev–Trinajstić information content (AvgIpc) is 3.03. The fourth-order valence-electron chi connectivity index (χ4n) is 3.23. The predicted molar refractivity (Wildman–Crippen MR) is 101 cm³/mol. The molecule has 0 radical (unpaired) electrons. The number of benzene rings is 1. The second kappa shape index (κ2) is 7.36. The molecule has 2 aliphatic rings. The standard InChI is InChI=1S/C18H16N2O6S2/c1-8(2)13(17(25)26)20-16(24)14(28-18(20)27)12-9-5-3-4-6-10(9)19(15(12)23)7-11(21)22/h3-6,8,13H,7H2,1-2H3,(H,21,22)(H,25,26)/p-2/b14-12-/t13-/m1/s1. The number of carbonyl (C=O) groups is 4. The smallest absolute Gasteiger partial charge is 0.267 e. The van der Waals surface area contributed by atoms with E-state index in [0.717, 1.165) is 21.6 Å². The van der Waals surface area contributed by atoms with Gasteiger partial charge in [0.15, 0.2) is 0 Å². The van der Waals surface area contributed by atoms with Crippen LogP contribution in [0.1, 0.15) is 19.4 Å². The fraction of sp³-hybridized carbons (Fsp3) is 0.278. The second-order valence-corrected chi connectivity index (χ2v) is 8.18. The lowest BCUT2D eigenvalue weighted by Gasteiger charge is -2.30. The van der Waals surface area contributed by atoms with E-state index < -0.39 is 42.3 Å². The number of thiocarbonyl (C=S) groups is 1. The van der Waals surface area contributed by atoms with Crippen molar-refractivity contribution in [1.29, 1.82) is 0 Å². The number of fused-ring (bicyclic) bond motifs is 1. The molecular formula is C18H14N2O6S2-2. The van der Waals surface area contributed by atoms with Gasteiger partial charge >= 0.3 is 0 Å². The normalized spacial score (nSPS) is 20.2. The Bertz CT molecular complexity index is 955. The Balaban J connectivity index is 2.12. The molecule has 0 saturated carbocycles. The Morgan fingerprint density at radius 1 is 1.14 bits per heavy atom. The highest BCUT2D eigenvalue weighted by Gasteiger charge is 2.44. The maximum Gasteiger partial charge on any atom is 0.267 e. The number of thioether (sulfide) groups is 1. The van der Waals surface area contributed by atoms with E-state index in [1.807, 2.05) is 0 Å². The van der Waals surface area contributed by atoms with Gasteiger partial charge in [0, 0.05) is 5.56 Å². The maximum atomic E-state index is 13.0. The van der Waals surface area contributed by atoms with E-state index in [-0.39, 0.29) is 14.8 Å². The number of nitrogens with zero attached hydrogens (tertiary/aromatic N) is 2. The van der Waals surface area contributed by atoms with Gasteiger partial charge in [0.25, 0.3) is 11.8 Å². The number of hydrogen-bond donors (Lipinski definition) is 0. The van der Waals surface area contributed by atoms with Gasteiger partial charge in [-0.25, -0.2) is 0 Å². The minimum absolute atomic E-state index is 0.000896. The summed E-state index contributed by atoms with van der Waals surface area (Å²) in [5, 5.41) is 22.6. The lowest BCUT2D eigenvalue weighted by Crippen LogP contribution is -2.52. The van der Waals surface area contributed by atoms with Crippen molar-refractivity contribution < 1.29 is 29.4 Å². The van der Waals surface area contributed by atoms with Crippen molar-refractivity contribution in [3.05, 3.63) is 34.7 Å². The van der Waals surface area contributed by atoms with Crippen molar-refractivity contribution in [3.63, 3.8) is 0 Å². The number of rotatable bonds is 5. The van der Waals surface area contributed by atoms with Gasteiger partial charge < -0.3 is 24.7 Å². The number of anilines is 1. The topological polar surface area (TPSA) is 121 Å². The van der Waals surface area contributed by atoms with Gasteiger partial charge in [-0.1, -0.05) is 56.0 Å². The molecule has 1 aromatic carbocycles. The third-order valence-corrected chi connectivity index (χ3v) is 5.79. The first kappa shape index (κ1) is 20.0. The summed E-state index contributed by atoms with van der Waals surface area (Å²) in [6.45, 7) is 2.56. The van der Waals surface area contributed by atoms with Crippen molar-refractivity contribution in [2.45, 2.75) is 19.9 Å². The number of aliphatic carboxylic acids is 2. The largest absolute Gasteiger partial charge is 0.548 e. The number of hydrogen-bond acceptors (Lipinski definition) is 8. The molecule has 0 spiro atoms. The predicted octanol–water partition coefficient (Wildman–Crippen LogP) is -0.871. The average molecular weight is 418 g/mol. The maximum absolute atomic E-state index is 13.0. The van der Waals surface area contributed by atoms with Gasteiger partial charge in [-0.2, -0.15) is 0 Å². The molecule has 2 amide bonds. The number of amides is 2. The highest BCUT2D eigenvalue weighted by molar-refractivity contribution is 8.26. The van der Waals surface area contributed by atoms with Crippen LogP contribution in [0, 0.1) is 5.92 Å². The van der Waals surface area contributed by atoms with Gasteiger partial charge in [-0.05, 0) is 12.0 Å². The lowest BCUT2D eigenvalue weighted by atomic mass is 10.0. The van der Waals surface area contributed by atoms with Gasteiger partial charge in [-0.3, -0.25) is 14.5 Å². The Hall–Kier alpha value is -2.72. The SMILES string of the molecule is CC(C)[C@H](C(=O)[O-])N1C(=O)/C(=C2/C(=O)N(CC(=O)[O-])c3ccccc32)SC1=S. The Labute approximate surface area is 169 Å². The zero-order valence-electron chi connectivity index (χ0n) is 14.8. The van der Waals surface area contributed by atoms with E-state index in [1.54, 1.807) is 38.1 Å². The first-order valence-electron chi connectivity index (χ1n) is 8.26. The first-order chi connectivity index (χ1) is 13.1. The van der Waals surface area contributed by atoms with Gasteiger partial charge in [0.2, 0.25) is 0 Å². The van der Waals surface area contributed by atoms with Crippen LogP contribution in [0.4, 0.5) is 5.69 Å². The van der Waals surface area contributed by atoms with Crippen LogP contribution in [-0.4, -0.2) is 45.6 Å². The number of para-hydroxylation sites is 1. The van der Waals surface area contributed by atoms with E-state index in [4.69, 9.17) is 12.2 Å². The van der Waals surface area contributed by atoms with Gasteiger partial charge in [0.05, 0.1) is 40.7 Å². The third kappa shape index (κ3) is 3.18. The Morgan fingerprint density at radius 2 is 1.79 bits per heavy atom. The zero-order valence-corrected chi connectivity index (χ0v) is 16.5. The van der Waals surface area contributed by atoms with Crippen LogP contribution in [0.5, 0.6) is 0 Å². The molecular weight excluding hydrogens is 404 g/mol. The van der Waals surface area contributed by atoms with Crippen LogP contribution in [0.25, 0.3) is 5.57 Å². The molecule has 1 saturated heterocycles. The molecule has 8 nitrogen and oxygen atoms in total. The molecule has 0 N–H and O–H groups in total. The van der Waals surface area contributed by atoms with Crippen molar-refractivity contribution in [2.24, 2.45) is 5.92 Å². The van der Waals surface area contributed by atoms with Crippen molar-refractivity contribution >= 4 is 63.3 Å². The van der Waals surface area contributed by atoms with Crippen molar-refractivity contribution in [1.82, 2.24) is 4.90 Å². The van der Waals surface area contributed by atoms with Crippen molar-refractivity contribution in [3.8, 4) is 0 Å². The van der Waals surface area contributed by atoms with E-state index in [9.17, 15) is 29.4 Å². The van der Waals surface area contributed by atoms with Gasteiger partial charge in [0.1, 0.15) is 4.32 Å². The van der Waals surface area contributed by atoms with Crippen LogP contribution in [0.3, 0.4) is 0 Å². The molecule has 0 aliphatic carbocycles. The summed E-state index contributed by atoms with van der Waals surface area (Å²) in [6, 6.07) is 5.14. The number of carboxylic acid groups (broad SMARTS) is 2. The minimum Gasteiger partial charge on any atom is -0.548 e. The molecule has 1 atom stereocenters. The van der Waals surface area contributed by atoms with E-state index in [2.05, 4.69) is 0 Å². The molecule has 2 aliphatic heterocycles. The molecule has 3 rings (SSSR count).